The number of methoxy groups -OCH3 is 2. The summed E-state index contributed by atoms with van der Waals surface area (Å²) in [6.45, 7) is 4.30. The SMILES string of the molecule is COCCOCCN1CC2C3=C4C5=C6C7C(C=C8CC9CC%10%11C(=C%12CC%13CC(=C%14C4C4C5C5C7C8C7C5C5C4C(C%14%13)C%12C5C%10C97)C3)C3CC%11c4ccccc43)CC62C1c1ccccc1OC. The molecule has 2 aromatic carbocycles. The summed E-state index contributed by atoms with van der Waals surface area (Å²) in [7, 11) is 3.76. The number of fused-ring (bicyclic) bond motifs is 7. The van der Waals surface area contributed by atoms with Gasteiger partial charge in [0.1, 0.15) is 5.75 Å². The van der Waals surface area contributed by atoms with Crippen LogP contribution in [-0.2, 0) is 9.47 Å². The van der Waals surface area contributed by atoms with Crippen LogP contribution in [0.25, 0.3) is 0 Å². The molecule has 4 nitrogen and oxygen atoms in total. The molecule has 21 rings (SSSR count). The number of allylic oxidation sites excluding steroid dienone is 8. The molecule has 26 unspecified atom stereocenters. The van der Waals surface area contributed by atoms with E-state index in [2.05, 4.69) is 92.9 Å². The fourth-order valence-corrected chi connectivity index (χ4v) is 27.9. The highest BCUT2D eigenvalue weighted by atomic mass is 16.5. The minimum atomic E-state index is 0.139. The molecule has 11 saturated carbocycles. The quantitative estimate of drug-likeness (QED) is 0.195. The van der Waals surface area contributed by atoms with E-state index in [0.29, 0.717) is 36.5 Å². The van der Waals surface area contributed by atoms with Gasteiger partial charge in [-0.3, -0.25) is 4.90 Å². The van der Waals surface area contributed by atoms with Gasteiger partial charge in [-0.25, -0.2) is 0 Å². The van der Waals surface area contributed by atoms with E-state index in [1.165, 1.54) is 50.6 Å². The molecular weight excluding hydrogens is 807 g/mol. The van der Waals surface area contributed by atoms with E-state index in [4.69, 9.17) is 14.2 Å². The second kappa shape index (κ2) is 10.6. The van der Waals surface area contributed by atoms with E-state index >= 15 is 0 Å². The average molecular weight is 870 g/mol. The molecule has 2 spiro atoms. The minimum absolute atomic E-state index is 0.139. The van der Waals surface area contributed by atoms with E-state index in [1.807, 2.05) is 29.4 Å². The zero-order valence-electron chi connectivity index (χ0n) is 38.7. The highest BCUT2D eigenvalue weighted by Gasteiger charge is 2.88. The fourth-order valence-electron chi connectivity index (χ4n) is 27.9. The summed E-state index contributed by atoms with van der Waals surface area (Å²) in [6.07, 6.45) is 13.3. The first kappa shape index (κ1) is 35.0. The Morgan fingerprint density at radius 2 is 1.47 bits per heavy atom. The van der Waals surface area contributed by atoms with Crippen molar-refractivity contribution in [1.29, 1.82) is 0 Å². The van der Waals surface area contributed by atoms with E-state index in [-0.39, 0.29) is 5.41 Å². The lowest BCUT2D eigenvalue weighted by atomic mass is 9.42. The first-order chi connectivity index (χ1) is 32.7. The van der Waals surface area contributed by atoms with Gasteiger partial charge in [-0.1, -0.05) is 87.6 Å². The molecule has 2 aromatic rings. The third kappa shape index (κ3) is 3.08. The number of hydrogen-bond acceptors (Lipinski definition) is 4. The zero-order chi connectivity index (χ0) is 41.9. The molecule has 0 radical (unpaired) electrons. The van der Waals surface area contributed by atoms with Gasteiger partial charge in [-0.15, -0.1) is 0 Å². The number of benzene rings is 2. The molecule has 12 fully saturated rings. The molecule has 66 heavy (non-hydrogen) atoms. The van der Waals surface area contributed by atoms with Crippen molar-refractivity contribution in [2.45, 2.75) is 62.8 Å². The lowest BCUT2D eigenvalue weighted by Crippen LogP contribution is -2.58. The van der Waals surface area contributed by atoms with Gasteiger partial charge in [0.15, 0.2) is 0 Å². The predicted molar refractivity (Wildman–Crippen MR) is 249 cm³/mol. The van der Waals surface area contributed by atoms with Gasteiger partial charge in [-0.2, -0.15) is 0 Å². The van der Waals surface area contributed by atoms with Crippen molar-refractivity contribution in [2.24, 2.45) is 135 Å². The van der Waals surface area contributed by atoms with E-state index in [0.717, 1.165) is 143 Å². The van der Waals surface area contributed by atoms with Crippen LogP contribution in [0.3, 0.4) is 0 Å². The Kier molecular flexibility index (Phi) is 5.63. The summed E-state index contributed by atoms with van der Waals surface area (Å²) in [5, 5.41) is 0. The number of likely N-dealkylation sites (tertiary alicyclic amines) is 1. The standard InChI is InChI=1S/C62H63NO3/c1-64-13-14-66-12-11-63-23-36-33-18-25-15-26-19-34-44-48-39(26)38(25)47-43(33)55-53-50-46-40-24(17-28-22-62(36,59(55)42(28)46)60(63)31-9-5-6-10-37(31)65-2)16-27-21-61(35-20-32(57(34)61)29-7-3-4-8-30(29)35)58-41(27)45(40)49(50)54(56(44)58)52(48)51(47)53/h3-10,17,26-28,32,35-36,39-42,44-54,56,58,60H,11-16,18-23H2,1-2H3. The average Bonchev–Trinajstić information content (AvgIpc) is 4.22. The Morgan fingerprint density at radius 1 is 0.636 bits per heavy atom. The second-order valence-electron chi connectivity index (χ2n) is 27.1. The lowest BCUT2D eigenvalue weighted by molar-refractivity contribution is -0.118. The molecule has 1 heterocycles. The molecule has 334 valence electrons. The lowest BCUT2D eigenvalue weighted by Gasteiger charge is -2.62. The largest absolute Gasteiger partial charge is 0.496 e. The Balaban J connectivity index is 0.856. The van der Waals surface area contributed by atoms with Crippen molar-refractivity contribution in [3.8, 4) is 5.75 Å². The van der Waals surface area contributed by atoms with Gasteiger partial charge >= 0.3 is 0 Å². The van der Waals surface area contributed by atoms with Crippen LogP contribution in [0.2, 0.25) is 0 Å². The minimum Gasteiger partial charge on any atom is -0.496 e. The fraction of sp³-hybridized carbons (Fsp3) is 0.645. The highest BCUT2D eigenvalue weighted by Crippen LogP contribution is 2.94. The van der Waals surface area contributed by atoms with E-state index in [1.54, 1.807) is 19.1 Å². The molecule has 0 amide bonds. The van der Waals surface area contributed by atoms with Gasteiger partial charge in [0.05, 0.1) is 26.9 Å². The maximum atomic E-state index is 6.48. The van der Waals surface area contributed by atoms with Crippen LogP contribution < -0.4 is 4.74 Å². The number of nitrogens with zero attached hydrogens (tertiary/aromatic N) is 1. The molecule has 18 aliphatic carbocycles. The van der Waals surface area contributed by atoms with Gasteiger partial charge in [0.2, 0.25) is 0 Å². The summed E-state index contributed by atoms with van der Waals surface area (Å²) in [5.74, 6) is 21.5. The van der Waals surface area contributed by atoms with Gasteiger partial charge in [0, 0.05) is 60.4 Å². The molecule has 2 bridgehead atoms. The Morgan fingerprint density at radius 3 is 2.38 bits per heavy atom. The Bertz CT molecular complexity index is 2970. The molecule has 1 aliphatic heterocycles. The Hall–Kier alpha value is -3.18. The summed E-state index contributed by atoms with van der Waals surface area (Å²) in [4.78, 5) is 2.99. The maximum Gasteiger partial charge on any atom is 0.123 e. The van der Waals surface area contributed by atoms with Crippen LogP contribution in [0.15, 0.2) is 105 Å². The van der Waals surface area contributed by atoms with Crippen LogP contribution in [0.5, 0.6) is 5.75 Å². The molecule has 1 saturated heterocycles. The first-order valence-corrected chi connectivity index (χ1v) is 27.8. The predicted octanol–water partition coefficient (Wildman–Crippen LogP) is 10.6. The summed E-state index contributed by atoms with van der Waals surface area (Å²) in [6, 6.07) is 19.9. The zero-order valence-corrected chi connectivity index (χ0v) is 38.7. The Labute approximate surface area is 389 Å². The molecular formula is C62H63NO3. The number of rotatable bonds is 8. The summed E-state index contributed by atoms with van der Waals surface area (Å²) in [5.41, 5.74) is 24.6. The van der Waals surface area contributed by atoms with Crippen molar-refractivity contribution in [3.63, 3.8) is 0 Å². The molecule has 0 N–H and O–H groups in total. The molecule has 4 heteroatoms. The molecule has 0 aromatic heterocycles. The van der Waals surface area contributed by atoms with E-state index < -0.39 is 0 Å². The van der Waals surface area contributed by atoms with Gasteiger partial charge < -0.3 is 14.2 Å². The first-order valence-electron chi connectivity index (χ1n) is 27.8. The monoisotopic (exact) mass is 869 g/mol. The van der Waals surface area contributed by atoms with Crippen molar-refractivity contribution in [2.75, 3.05) is 47.1 Å². The number of ether oxygens (including phenoxy) is 3. The molecule has 26 atom stereocenters. The van der Waals surface area contributed by atoms with Crippen LogP contribution in [-0.4, -0.2) is 52.0 Å². The van der Waals surface area contributed by atoms with Gasteiger partial charge in [-0.05, 0) is 192 Å². The van der Waals surface area contributed by atoms with Gasteiger partial charge in [0.25, 0.3) is 0 Å². The van der Waals surface area contributed by atoms with Crippen molar-refractivity contribution in [1.82, 2.24) is 4.90 Å². The number of para-hydroxylation sites is 1. The smallest absolute Gasteiger partial charge is 0.123 e. The molecule has 19 aliphatic rings. The van der Waals surface area contributed by atoms with Crippen LogP contribution >= 0.6 is 0 Å². The van der Waals surface area contributed by atoms with Crippen LogP contribution in [0.4, 0.5) is 0 Å². The maximum absolute atomic E-state index is 6.48. The third-order valence-electron chi connectivity index (χ3n) is 27.2. The van der Waals surface area contributed by atoms with Crippen LogP contribution in [0, 0.1) is 135 Å². The number of hydrogen-bond donors (Lipinski definition) is 0. The third-order valence-corrected chi connectivity index (χ3v) is 27.2. The highest BCUT2D eigenvalue weighted by molar-refractivity contribution is 5.70. The topological polar surface area (TPSA) is 30.9 Å². The normalized spacial score (nSPS) is 57.3. The van der Waals surface area contributed by atoms with Crippen molar-refractivity contribution < 1.29 is 14.2 Å². The van der Waals surface area contributed by atoms with E-state index in [9.17, 15) is 0 Å². The van der Waals surface area contributed by atoms with Crippen molar-refractivity contribution in [3.05, 3.63) is 121 Å². The summed E-state index contributed by atoms with van der Waals surface area (Å²) < 4.78 is 18.4. The van der Waals surface area contributed by atoms with Crippen molar-refractivity contribution >= 4 is 0 Å². The van der Waals surface area contributed by atoms with Crippen LogP contribution in [0.1, 0.15) is 79.5 Å². The second-order valence-corrected chi connectivity index (χ2v) is 27.1. The summed E-state index contributed by atoms with van der Waals surface area (Å²) >= 11 is 0.